The van der Waals surface area contributed by atoms with Crippen LogP contribution in [0.2, 0.25) is 19.1 Å². The highest BCUT2D eigenvalue weighted by molar-refractivity contribution is 6.55. The lowest BCUT2D eigenvalue weighted by Crippen LogP contribution is -2.54. The Kier molecular flexibility index (Phi) is 9.22. The van der Waals surface area contributed by atoms with Crippen LogP contribution in [-0.4, -0.2) is 50.7 Å². The maximum absolute atomic E-state index is 15.1. The molecule has 2 aromatic heterocycles. The average Bonchev–Trinajstić information content (AvgIpc) is 3.33. The van der Waals surface area contributed by atoms with Gasteiger partial charge in [-0.15, -0.1) is 0 Å². The third-order valence-electron chi connectivity index (χ3n) is 7.29. The van der Waals surface area contributed by atoms with E-state index in [1.54, 1.807) is 0 Å². The highest BCUT2D eigenvalue weighted by atomic mass is 28.3. The van der Waals surface area contributed by atoms with E-state index in [1.807, 2.05) is 30.3 Å². The molecule has 0 atom stereocenters. The van der Waals surface area contributed by atoms with Gasteiger partial charge in [0, 0.05) is 52.2 Å². The minimum absolute atomic E-state index is 0.113. The number of anilines is 1. The van der Waals surface area contributed by atoms with Gasteiger partial charge in [-0.1, -0.05) is 43.4 Å². The number of nitrogens with one attached hydrogen (secondary N) is 2. The van der Waals surface area contributed by atoms with Crippen molar-refractivity contribution in [3.05, 3.63) is 83.7 Å². The third kappa shape index (κ3) is 6.87. The monoisotopic (exact) mass is 634 g/mol. The van der Waals surface area contributed by atoms with Crippen LogP contribution >= 0.6 is 0 Å². The number of nitrogens with zero attached hydrogens (tertiary/aromatic N) is 2. The predicted octanol–water partition coefficient (Wildman–Crippen LogP) is 6.68. The first-order chi connectivity index (χ1) is 21.0. The molecule has 234 valence electrons. The number of carbonyl (C=O) groups is 1. The summed E-state index contributed by atoms with van der Waals surface area (Å²) in [6, 6.07) is 12.4. The van der Waals surface area contributed by atoms with Crippen molar-refractivity contribution >= 4 is 31.5 Å². The summed E-state index contributed by atoms with van der Waals surface area (Å²) in [5.74, 6) is -3.84. The molecule has 2 N–H and O–H groups in total. The zero-order chi connectivity index (χ0) is 31.5. The van der Waals surface area contributed by atoms with Gasteiger partial charge >= 0.3 is 12.2 Å². The smallest absolute Gasteiger partial charge is 0.418 e. The molecule has 1 saturated heterocycles. The first-order valence-corrected chi connectivity index (χ1v) is 17.1. The second-order valence-electron chi connectivity index (χ2n) is 11.1. The van der Waals surface area contributed by atoms with E-state index in [2.05, 4.69) is 28.7 Å². The lowest BCUT2D eigenvalue weighted by molar-refractivity contribution is -0.136. The molecule has 2 amide bonds. The maximum Gasteiger partial charge on any atom is 0.418 e. The van der Waals surface area contributed by atoms with Gasteiger partial charge < -0.3 is 29.4 Å². The van der Waals surface area contributed by atoms with Crippen LogP contribution in [0, 0.1) is 11.6 Å². The van der Waals surface area contributed by atoms with Gasteiger partial charge in [0.25, 0.3) is 0 Å². The van der Waals surface area contributed by atoms with Crippen molar-refractivity contribution in [2.75, 3.05) is 31.7 Å². The standard InChI is InChI=1S/C30H31F5N4O4Si/c1-44(2)11-10-41-18-39-14-21(30(33,34)35)25-24(8-9-36-27(25)39)43-26-22(31)12-20(13-23(26)32)38-28(40)37-15-29(16-42-17-29)19-6-4-3-5-7-19/h3-9,12-14,44H,10-11,15-18H2,1-2H3,(H2,37,38,40). The molecule has 1 fully saturated rings. The number of pyridine rings is 1. The lowest BCUT2D eigenvalue weighted by Gasteiger charge is -2.42. The van der Waals surface area contributed by atoms with Crippen molar-refractivity contribution in [1.82, 2.24) is 14.9 Å². The number of benzene rings is 2. The van der Waals surface area contributed by atoms with Crippen LogP contribution in [0.3, 0.4) is 0 Å². The normalized spacial score (nSPS) is 14.5. The molecular formula is C30H31F5N4O4Si. The van der Waals surface area contributed by atoms with E-state index in [4.69, 9.17) is 14.2 Å². The second kappa shape index (κ2) is 12.9. The molecule has 8 nitrogen and oxygen atoms in total. The molecule has 14 heteroatoms. The Morgan fingerprint density at radius 1 is 1.11 bits per heavy atom. The van der Waals surface area contributed by atoms with E-state index in [1.165, 1.54) is 10.8 Å². The fourth-order valence-electron chi connectivity index (χ4n) is 4.84. The predicted molar refractivity (Wildman–Crippen MR) is 157 cm³/mol. The molecule has 0 unspecified atom stereocenters. The van der Waals surface area contributed by atoms with Gasteiger partial charge in [-0.05, 0) is 17.7 Å². The van der Waals surface area contributed by atoms with Crippen LogP contribution in [0.4, 0.5) is 32.4 Å². The van der Waals surface area contributed by atoms with Crippen molar-refractivity contribution in [1.29, 1.82) is 0 Å². The minimum Gasteiger partial charge on any atom is -0.450 e. The summed E-state index contributed by atoms with van der Waals surface area (Å²) in [5.41, 5.74) is -0.846. The van der Waals surface area contributed by atoms with Crippen LogP contribution < -0.4 is 15.4 Å². The van der Waals surface area contributed by atoms with Gasteiger partial charge in [-0.3, -0.25) is 0 Å². The highest BCUT2D eigenvalue weighted by Gasteiger charge is 2.40. The number of amides is 2. The van der Waals surface area contributed by atoms with Crippen LogP contribution in [-0.2, 0) is 27.8 Å². The molecule has 1 aliphatic heterocycles. The third-order valence-corrected chi connectivity index (χ3v) is 8.68. The Hall–Kier alpha value is -4.01. The highest BCUT2D eigenvalue weighted by Crippen LogP contribution is 2.42. The number of urea groups is 1. The van der Waals surface area contributed by atoms with Gasteiger partial charge in [-0.2, -0.15) is 13.2 Å². The Bertz CT molecular complexity index is 1600. The molecule has 44 heavy (non-hydrogen) atoms. The Morgan fingerprint density at radius 3 is 2.43 bits per heavy atom. The van der Waals surface area contributed by atoms with E-state index < -0.39 is 60.5 Å². The number of aromatic nitrogens is 2. The number of alkyl halides is 3. The van der Waals surface area contributed by atoms with Crippen LogP contribution in [0.5, 0.6) is 11.5 Å². The number of halogens is 5. The summed E-state index contributed by atoms with van der Waals surface area (Å²) in [6.45, 7) is 5.49. The maximum atomic E-state index is 15.1. The Morgan fingerprint density at radius 2 is 1.82 bits per heavy atom. The summed E-state index contributed by atoms with van der Waals surface area (Å²) in [6.07, 6.45) is -2.79. The number of fused-ring (bicyclic) bond motifs is 1. The first kappa shape index (κ1) is 31.4. The fraction of sp³-hybridized carbons (Fsp3) is 0.333. The molecule has 1 aliphatic rings. The van der Waals surface area contributed by atoms with Gasteiger partial charge in [0.2, 0.25) is 0 Å². The largest absolute Gasteiger partial charge is 0.450 e. The van der Waals surface area contributed by atoms with Gasteiger partial charge in [0.1, 0.15) is 18.1 Å². The van der Waals surface area contributed by atoms with Gasteiger partial charge in [0.05, 0.1) is 29.6 Å². The van der Waals surface area contributed by atoms with Crippen LogP contribution in [0.1, 0.15) is 11.1 Å². The minimum atomic E-state index is -4.81. The first-order valence-electron chi connectivity index (χ1n) is 13.9. The zero-order valence-corrected chi connectivity index (χ0v) is 25.2. The van der Waals surface area contributed by atoms with E-state index in [0.717, 1.165) is 36.0 Å². The second-order valence-corrected chi connectivity index (χ2v) is 14.4. The summed E-state index contributed by atoms with van der Waals surface area (Å²) in [5, 5.41) is 4.62. The molecule has 0 saturated carbocycles. The Labute approximate surface area is 251 Å². The van der Waals surface area contributed by atoms with Crippen molar-refractivity contribution < 1.29 is 41.0 Å². The molecule has 0 spiro atoms. The topological polar surface area (TPSA) is 86.6 Å². The molecule has 3 heterocycles. The molecule has 0 bridgehead atoms. The molecule has 0 aliphatic carbocycles. The molecule has 2 aromatic carbocycles. The van der Waals surface area contributed by atoms with Crippen molar-refractivity contribution in [2.24, 2.45) is 0 Å². The van der Waals surface area contributed by atoms with Crippen LogP contribution in [0.25, 0.3) is 11.0 Å². The van der Waals surface area contributed by atoms with E-state index >= 15 is 8.78 Å². The quantitative estimate of drug-likeness (QED) is 0.109. The lowest BCUT2D eigenvalue weighted by atomic mass is 9.78. The number of ether oxygens (including phenoxy) is 3. The molecule has 5 rings (SSSR count). The van der Waals surface area contributed by atoms with Crippen molar-refractivity contribution in [3.8, 4) is 11.5 Å². The van der Waals surface area contributed by atoms with E-state index in [0.29, 0.717) is 19.8 Å². The number of hydrogen-bond acceptors (Lipinski definition) is 5. The summed E-state index contributed by atoms with van der Waals surface area (Å²) < 4.78 is 89.7. The zero-order valence-electron chi connectivity index (χ0n) is 24.0. The fourth-order valence-corrected chi connectivity index (χ4v) is 5.48. The number of carbonyl (C=O) groups excluding carboxylic acids is 1. The van der Waals surface area contributed by atoms with Crippen molar-refractivity contribution in [3.63, 3.8) is 0 Å². The Balaban J connectivity index is 1.32. The average molecular weight is 635 g/mol. The molecule has 4 aromatic rings. The molecule has 0 radical (unpaired) electrons. The molecular weight excluding hydrogens is 603 g/mol. The summed E-state index contributed by atoms with van der Waals surface area (Å²) in [7, 11) is -0.912. The number of rotatable bonds is 11. The van der Waals surface area contributed by atoms with Crippen LogP contribution in [0.15, 0.2) is 60.9 Å². The van der Waals surface area contributed by atoms with Gasteiger partial charge in [0.15, 0.2) is 17.4 Å². The van der Waals surface area contributed by atoms with Crippen molar-refractivity contribution in [2.45, 2.75) is 37.5 Å². The van der Waals surface area contributed by atoms with E-state index in [9.17, 15) is 18.0 Å². The number of hydrogen-bond donors (Lipinski definition) is 2. The van der Waals surface area contributed by atoms with E-state index in [-0.39, 0.29) is 24.6 Å². The summed E-state index contributed by atoms with van der Waals surface area (Å²) in [4.78, 5) is 16.6. The summed E-state index contributed by atoms with van der Waals surface area (Å²) >= 11 is 0. The van der Waals surface area contributed by atoms with Gasteiger partial charge in [-0.25, -0.2) is 18.6 Å². The SMILES string of the molecule is C[SiH](C)CCOCn1cc(C(F)(F)F)c2c(Oc3c(F)cc(NC(=O)NCC4(c5ccccc5)COC4)cc3F)ccnc21.